The molecule has 94 valence electrons. The van der Waals surface area contributed by atoms with Crippen LogP contribution in [0.2, 0.25) is 0 Å². The maximum absolute atomic E-state index is 11.8. The lowest BCUT2D eigenvalue weighted by Gasteiger charge is -2.19. The van der Waals surface area contributed by atoms with Crippen molar-refractivity contribution in [2.24, 2.45) is 0 Å². The topological polar surface area (TPSA) is 58.4 Å². The number of benzene rings is 1. The minimum atomic E-state index is 0.0934. The number of likely N-dealkylation sites (N-methyl/N-ethyl adjacent to an activating group) is 1. The van der Waals surface area contributed by atoms with Crippen molar-refractivity contribution in [1.82, 2.24) is 4.90 Å². The van der Waals surface area contributed by atoms with Crippen LogP contribution in [0.3, 0.4) is 0 Å². The van der Waals surface area contributed by atoms with Crippen LogP contribution in [0.25, 0.3) is 0 Å². The molecule has 3 N–H and O–H groups in total. The van der Waals surface area contributed by atoms with Gasteiger partial charge in [-0.05, 0) is 32.4 Å². The predicted molar refractivity (Wildman–Crippen MR) is 72.0 cm³/mol. The van der Waals surface area contributed by atoms with Crippen molar-refractivity contribution in [1.29, 1.82) is 0 Å². The predicted octanol–water partition coefficient (Wildman–Crippen LogP) is 1.86. The van der Waals surface area contributed by atoms with E-state index in [0.717, 1.165) is 24.3 Å². The Balaban J connectivity index is 2.61. The molecule has 0 heterocycles. The second kappa shape index (κ2) is 6.13. The number of hydrogen-bond donors (Lipinski definition) is 2. The van der Waals surface area contributed by atoms with Gasteiger partial charge >= 0.3 is 0 Å². The fourth-order valence-electron chi connectivity index (χ4n) is 1.69. The van der Waals surface area contributed by atoms with Crippen molar-refractivity contribution in [2.75, 3.05) is 30.7 Å². The van der Waals surface area contributed by atoms with E-state index in [1.54, 1.807) is 4.90 Å². The van der Waals surface area contributed by atoms with E-state index in [1.165, 1.54) is 0 Å². The Morgan fingerprint density at radius 1 is 1.35 bits per heavy atom. The third kappa shape index (κ3) is 3.37. The first kappa shape index (κ1) is 13.4. The number of nitrogen functional groups attached to an aromatic ring is 1. The van der Waals surface area contributed by atoms with E-state index in [1.807, 2.05) is 39.0 Å². The van der Waals surface area contributed by atoms with Gasteiger partial charge < -0.3 is 16.0 Å². The van der Waals surface area contributed by atoms with Crippen molar-refractivity contribution in [2.45, 2.75) is 20.8 Å². The number of rotatable bonds is 5. The van der Waals surface area contributed by atoms with Crippen molar-refractivity contribution in [3.63, 3.8) is 0 Å². The van der Waals surface area contributed by atoms with Crippen LogP contribution in [0.1, 0.15) is 19.4 Å². The molecule has 4 heteroatoms. The number of nitrogens with two attached hydrogens (primary N) is 1. The van der Waals surface area contributed by atoms with Crippen molar-refractivity contribution in [3.05, 3.63) is 23.8 Å². The Morgan fingerprint density at radius 3 is 2.59 bits per heavy atom. The molecule has 4 nitrogen and oxygen atoms in total. The lowest BCUT2D eigenvalue weighted by Crippen LogP contribution is -2.35. The van der Waals surface area contributed by atoms with Gasteiger partial charge in [-0.2, -0.15) is 0 Å². The standard InChI is InChI=1S/C13H21N3O/c1-4-16(5-2)12(17)9-15-11-8-6-7-10(3)13(11)14/h6-8,15H,4-5,9,14H2,1-3H3. The summed E-state index contributed by atoms with van der Waals surface area (Å²) in [6.45, 7) is 7.66. The van der Waals surface area contributed by atoms with Gasteiger partial charge in [0, 0.05) is 13.1 Å². The summed E-state index contributed by atoms with van der Waals surface area (Å²) in [6, 6.07) is 5.76. The SMILES string of the molecule is CCN(CC)C(=O)CNc1cccc(C)c1N. The van der Waals surface area contributed by atoms with Crippen LogP contribution in [0, 0.1) is 6.92 Å². The Morgan fingerprint density at radius 2 is 2.00 bits per heavy atom. The molecular formula is C13H21N3O. The average Bonchev–Trinajstić information content (AvgIpc) is 2.32. The molecule has 0 aliphatic carbocycles. The van der Waals surface area contributed by atoms with Gasteiger partial charge in [0.05, 0.1) is 17.9 Å². The van der Waals surface area contributed by atoms with Gasteiger partial charge in [0.15, 0.2) is 0 Å². The molecule has 0 radical (unpaired) electrons. The van der Waals surface area contributed by atoms with E-state index in [0.29, 0.717) is 5.69 Å². The molecule has 0 atom stereocenters. The van der Waals surface area contributed by atoms with E-state index in [9.17, 15) is 4.79 Å². The Hall–Kier alpha value is -1.71. The molecule has 1 amide bonds. The molecular weight excluding hydrogens is 214 g/mol. The largest absolute Gasteiger partial charge is 0.397 e. The number of para-hydroxylation sites is 1. The molecule has 1 aromatic rings. The summed E-state index contributed by atoms with van der Waals surface area (Å²) in [6.07, 6.45) is 0. The summed E-state index contributed by atoms with van der Waals surface area (Å²) in [7, 11) is 0. The van der Waals surface area contributed by atoms with E-state index >= 15 is 0 Å². The van der Waals surface area contributed by atoms with Crippen LogP contribution in [-0.2, 0) is 4.79 Å². The Bertz CT molecular complexity index is 386. The van der Waals surface area contributed by atoms with E-state index < -0.39 is 0 Å². The number of carbonyl (C=O) groups excluding carboxylic acids is 1. The number of carbonyl (C=O) groups is 1. The zero-order valence-corrected chi connectivity index (χ0v) is 10.8. The third-order valence-corrected chi connectivity index (χ3v) is 2.87. The number of nitrogens with zero attached hydrogens (tertiary/aromatic N) is 1. The molecule has 1 aromatic carbocycles. The highest BCUT2D eigenvalue weighted by molar-refractivity contribution is 5.82. The molecule has 0 saturated heterocycles. The minimum absolute atomic E-state index is 0.0934. The van der Waals surface area contributed by atoms with Gasteiger partial charge in [-0.15, -0.1) is 0 Å². The molecule has 0 spiro atoms. The molecule has 0 fully saturated rings. The quantitative estimate of drug-likeness (QED) is 0.766. The lowest BCUT2D eigenvalue weighted by molar-refractivity contribution is -0.128. The van der Waals surface area contributed by atoms with Crippen molar-refractivity contribution < 1.29 is 4.79 Å². The highest BCUT2D eigenvalue weighted by atomic mass is 16.2. The van der Waals surface area contributed by atoms with Crippen LogP contribution in [0.4, 0.5) is 11.4 Å². The molecule has 0 aliphatic heterocycles. The van der Waals surface area contributed by atoms with Gasteiger partial charge in [-0.1, -0.05) is 12.1 Å². The van der Waals surface area contributed by atoms with Crippen LogP contribution in [0.5, 0.6) is 0 Å². The second-order valence-corrected chi connectivity index (χ2v) is 3.96. The molecule has 1 rings (SSSR count). The van der Waals surface area contributed by atoms with Crippen LogP contribution < -0.4 is 11.1 Å². The highest BCUT2D eigenvalue weighted by Gasteiger charge is 2.09. The zero-order chi connectivity index (χ0) is 12.8. The smallest absolute Gasteiger partial charge is 0.241 e. The summed E-state index contributed by atoms with van der Waals surface area (Å²) in [5.74, 6) is 0.0934. The van der Waals surface area contributed by atoms with Crippen LogP contribution in [0.15, 0.2) is 18.2 Å². The number of nitrogens with one attached hydrogen (secondary N) is 1. The summed E-state index contributed by atoms with van der Waals surface area (Å²) >= 11 is 0. The van der Waals surface area contributed by atoms with Gasteiger partial charge in [-0.3, -0.25) is 4.79 Å². The zero-order valence-electron chi connectivity index (χ0n) is 10.8. The number of hydrogen-bond acceptors (Lipinski definition) is 3. The summed E-state index contributed by atoms with van der Waals surface area (Å²) < 4.78 is 0. The first-order valence-corrected chi connectivity index (χ1v) is 5.96. The second-order valence-electron chi connectivity index (χ2n) is 3.96. The Labute approximate surface area is 103 Å². The number of anilines is 2. The first-order chi connectivity index (χ1) is 8.10. The van der Waals surface area contributed by atoms with Crippen LogP contribution in [-0.4, -0.2) is 30.4 Å². The summed E-state index contributed by atoms with van der Waals surface area (Å²) in [5, 5.41) is 3.09. The first-order valence-electron chi connectivity index (χ1n) is 5.96. The lowest BCUT2D eigenvalue weighted by atomic mass is 10.2. The number of aryl methyl sites for hydroxylation is 1. The molecule has 0 aromatic heterocycles. The van der Waals surface area contributed by atoms with Crippen molar-refractivity contribution >= 4 is 17.3 Å². The summed E-state index contributed by atoms with van der Waals surface area (Å²) in [5.41, 5.74) is 8.47. The monoisotopic (exact) mass is 235 g/mol. The molecule has 0 bridgehead atoms. The van der Waals surface area contributed by atoms with Gasteiger partial charge in [0.2, 0.25) is 5.91 Å². The molecule has 0 aliphatic rings. The summed E-state index contributed by atoms with van der Waals surface area (Å²) in [4.78, 5) is 13.6. The van der Waals surface area contributed by atoms with Gasteiger partial charge in [0.1, 0.15) is 0 Å². The molecule has 17 heavy (non-hydrogen) atoms. The normalized spacial score (nSPS) is 10.1. The maximum Gasteiger partial charge on any atom is 0.241 e. The van der Waals surface area contributed by atoms with E-state index in [2.05, 4.69) is 5.32 Å². The van der Waals surface area contributed by atoms with E-state index in [4.69, 9.17) is 5.73 Å². The fraction of sp³-hybridized carbons (Fsp3) is 0.462. The number of amides is 1. The van der Waals surface area contributed by atoms with Crippen molar-refractivity contribution in [3.8, 4) is 0 Å². The van der Waals surface area contributed by atoms with E-state index in [-0.39, 0.29) is 12.5 Å². The fourth-order valence-corrected chi connectivity index (χ4v) is 1.69. The highest BCUT2D eigenvalue weighted by Crippen LogP contribution is 2.21. The third-order valence-electron chi connectivity index (χ3n) is 2.87. The molecule has 0 saturated carbocycles. The Kier molecular flexibility index (Phi) is 4.82. The van der Waals surface area contributed by atoms with Crippen LogP contribution >= 0.6 is 0 Å². The average molecular weight is 235 g/mol. The maximum atomic E-state index is 11.8. The molecule has 0 unspecified atom stereocenters. The van der Waals surface area contributed by atoms with Gasteiger partial charge in [-0.25, -0.2) is 0 Å². The van der Waals surface area contributed by atoms with Gasteiger partial charge in [0.25, 0.3) is 0 Å². The minimum Gasteiger partial charge on any atom is -0.397 e.